The van der Waals surface area contributed by atoms with E-state index in [2.05, 4.69) is 190 Å². The van der Waals surface area contributed by atoms with Gasteiger partial charge in [0.15, 0.2) is 28.6 Å². The molecule has 14 rings (SSSR count). The summed E-state index contributed by atoms with van der Waals surface area (Å²) >= 11 is 0. The van der Waals surface area contributed by atoms with Gasteiger partial charge in [-0.1, -0.05) is 143 Å². The Bertz CT molecular complexity index is 3760. The standard InChI is InChI=1S/C61H47BN2O3/c1-36-31-45-46(61(4,5)30-29-60(45,2)3)33-49(36)63-50-35-55-54(65-52-25-15-16-26-53(52)66-55)34-47(50)62-56-44(32-38-19-9-10-21-40(38)57(56)63)42-27-28-43-41-22-12-14-24-51(41)67-59(43)58(42)64(62)48-23-13-11-20-39(48)37-17-7-6-8-18-37/h6-28,31-35H,29-30H2,1-5H3. The van der Waals surface area contributed by atoms with Crippen LogP contribution in [0.3, 0.4) is 0 Å². The molecular formula is C61H47BN2O3. The van der Waals surface area contributed by atoms with Crippen LogP contribution in [0, 0.1) is 6.92 Å². The van der Waals surface area contributed by atoms with Gasteiger partial charge in [0.05, 0.1) is 11.4 Å². The number of aryl methyl sites for hydroxylation is 1. The van der Waals surface area contributed by atoms with Crippen LogP contribution in [0.2, 0.25) is 0 Å². The number of ether oxygens (including phenoxy) is 2. The molecule has 0 saturated heterocycles. The van der Waals surface area contributed by atoms with Gasteiger partial charge in [-0.15, -0.1) is 0 Å². The molecule has 0 bridgehead atoms. The Morgan fingerprint density at radius 3 is 1.94 bits per heavy atom. The Morgan fingerprint density at radius 2 is 1.15 bits per heavy atom. The van der Waals surface area contributed by atoms with E-state index >= 15 is 0 Å². The maximum Gasteiger partial charge on any atom is 0.333 e. The third-order valence-corrected chi connectivity index (χ3v) is 15.4. The van der Waals surface area contributed by atoms with Gasteiger partial charge in [0.2, 0.25) is 0 Å². The second kappa shape index (κ2) is 13.7. The average molecular weight is 867 g/mol. The van der Waals surface area contributed by atoms with Crippen LogP contribution in [0.25, 0.3) is 55.0 Å². The van der Waals surface area contributed by atoms with Crippen LogP contribution < -0.4 is 30.1 Å². The van der Waals surface area contributed by atoms with E-state index in [0.717, 1.165) is 74.0 Å². The summed E-state index contributed by atoms with van der Waals surface area (Å²) in [7, 11) is 0. The van der Waals surface area contributed by atoms with Crippen molar-refractivity contribution < 1.29 is 13.9 Å². The number of anilines is 5. The molecule has 9 aromatic carbocycles. The Labute approximate surface area is 390 Å². The van der Waals surface area contributed by atoms with Crippen molar-refractivity contribution in [3.8, 4) is 45.3 Å². The van der Waals surface area contributed by atoms with Crippen molar-refractivity contribution in [2.45, 2.75) is 58.3 Å². The number of furan rings is 1. The van der Waals surface area contributed by atoms with Crippen LogP contribution in [-0.2, 0) is 10.8 Å². The van der Waals surface area contributed by atoms with Crippen molar-refractivity contribution in [1.82, 2.24) is 0 Å². The number of rotatable bonds is 3. The number of benzene rings is 9. The predicted molar refractivity (Wildman–Crippen MR) is 277 cm³/mol. The Kier molecular flexibility index (Phi) is 7.87. The minimum Gasteiger partial charge on any atom is -0.454 e. The van der Waals surface area contributed by atoms with Crippen molar-refractivity contribution in [3.05, 3.63) is 187 Å². The second-order valence-electron chi connectivity index (χ2n) is 20.3. The highest BCUT2D eigenvalue weighted by molar-refractivity contribution is 6.94. The summed E-state index contributed by atoms with van der Waals surface area (Å²) in [5, 5.41) is 4.57. The Hall–Kier alpha value is -7.70. The maximum atomic E-state index is 7.11. The molecule has 0 unspecified atom stereocenters. The fraction of sp³-hybridized carbons (Fsp3) is 0.148. The molecule has 4 aliphatic rings. The van der Waals surface area contributed by atoms with Gasteiger partial charge in [0.25, 0.3) is 0 Å². The largest absolute Gasteiger partial charge is 0.454 e. The molecule has 0 fully saturated rings. The number of para-hydroxylation sites is 4. The normalized spacial score (nSPS) is 15.8. The lowest BCUT2D eigenvalue weighted by Gasteiger charge is -2.47. The number of hydrogen-bond acceptors (Lipinski definition) is 5. The van der Waals surface area contributed by atoms with E-state index in [-0.39, 0.29) is 17.7 Å². The average Bonchev–Trinajstić information content (AvgIpc) is 3.74. The minimum atomic E-state index is -0.323. The molecule has 4 heterocycles. The summed E-state index contributed by atoms with van der Waals surface area (Å²) in [4.78, 5) is 5.17. The summed E-state index contributed by atoms with van der Waals surface area (Å²) in [6.45, 7) is 11.7. The molecule has 0 atom stereocenters. The van der Waals surface area contributed by atoms with Crippen molar-refractivity contribution in [1.29, 1.82) is 0 Å². The fourth-order valence-corrected chi connectivity index (χ4v) is 12.0. The molecule has 0 radical (unpaired) electrons. The smallest absolute Gasteiger partial charge is 0.333 e. The van der Waals surface area contributed by atoms with Crippen LogP contribution >= 0.6 is 0 Å². The zero-order valence-electron chi connectivity index (χ0n) is 38.3. The van der Waals surface area contributed by atoms with Gasteiger partial charge in [-0.05, 0) is 123 Å². The lowest BCUT2D eigenvalue weighted by Crippen LogP contribution is -2.61. The molecule has 5 nitrogen and oxygen atoms in total. The van der Waals surface area contributed by atoms with Gasteiger partial charge in [-0.25, -0.2) is 0 Å². The molecule has 1 aliphatic carbocycles. The van der Waals surface area contributed by atoms with E-state index in [1.165, 1.54) is 49.9 Å². The summed E-state index contributed by atoms with van der Waals surface area (Å²) in [5.41, 5.74) is 18.4. The molecule has 0 N–H and O–H groups in total. The molecule has 322 valence electrons. The number of fused-ring (bicyclic) bond motifs is 13. The summed E-state index contributed by atoms with van der Waals surface area (Å²) in [5.74, 6) is 2.79. The number of hydrogen-bond donors (Lipinski definition) is 0. The molecule has 0 spiro atoms. The zero-order chi connectivity index (χ0) is 44.9. The minimum absolute atomic E-state index is 0.00199. The lowest BCUT2D eigenvalue weighted by molar-refractivity contribution is 0.332. The summed E-state index contributed by atoms with van der Waals surface area (Å²) in [6.07, 6.45) is 2.28. The monoisotopic (exact) mass is 866 g/mol. The molecule has 1 aromatic heterocycles. The van der Waals surface area contributed by atoms with Gasteiger partial charge in [0, 0.05) is 50.4 Å². The maximum absolute atomic E-state index is 7.11. The fourth-order valence-electron chi connectivity index (χ4n) is 12.0. The SMILES string of the molecule is Cc1cc2c(cc1N1c3cc4c(cc3B3c5c(cc6ccccc6c51)-c1ccc5c(oc6ccccc65)c1N3c1ccccc1-c1ccccc1)Oc1ccccc1O4)C(C)(C)CCC2(C)C. The van der Waals surface area contributed by atoms with Crippen LogP contribution in [0.1, 0.15) is 57.2 Å². The van der Waals surface area contributed by atoms with Crippen molar-refractivity contribution in [2.24, 2.45) is 0 Å². The van der Waals surface area contributed by atoms with Crippen molar-refractivity contribution >= 4 is 78.9 Å². The topological polar surface area (TPSA) is 38.1 Å². The Morgan fingerprint density at radius 1 is 0.493 bits per heavy atom. The molecule has 10 aromatic rings. The van der Waals surface area contributed by atoms with Gasteiger partial charge >= 0.3 is 6.85 Å². The lowest BCUT2D eigenvalue weighted by atomic mass is 9.43. The molecule has 0 amide bonds. The van der Waals surface area contributed by atoms with E-state index in [1.807, 2.05) is 24.3 Å². The molecule has 67 heavy (non-hydrogen) atoms. The first kappa shape index (κ1) is 38.6. The van der Waals surface area contributed by atoms with E-state index in [1.54, 1.807) is 0 Å². The number of nitrogens with zero attached hydrogens (tertiary/aromatic N) is 2. The highest BCUT2D eigenvalue weighted by Crippen LogP contribution is 2.57. The van der Waals surface area contributed by atoms with Gasteiger partial charge < -0.3 is 23.6 Å². The molecule has 6 heteroatoms. The third-order valence-electron chi connectivity index (χ3n) is 15.4. The van der Waals surface area contributed by atoms with Gasteiger partial charge in [-0.3, -0.25) is 0 Å². The summed E-state index contributed by atoms with van der Waals surface area (Å²) in [6, 6.07) is 61.6. The predicted octanol–water partition coefficient (Wildman–Crippen LogP) is 15.7. The van der Waals surface area contributed by atoms with Crippen molar-refractivity contribution in [3.63, 3.8) is 0 Å². The third kappa shape index (κ3) is 5.44. The first-order valence-electron chi connectivity index (χ1n) is 23.7. The van der Waals surface area contributed by atoms with Gasteiger partial charge in [0.1, 0.15) is 5.58 Å². The quantitative estimate of drug-likeness (QED) is 0.165. The highest BCUT2D eigenvalue weighted by Gasteiger charge is 2.49. The Balaban J connectivity index is 1.16. The molecule has 0 saturated carbocycles. The van der Waals surface area contributed by atoms with E-state index in [0.29, 0.717) is 23.0 Å². The molecular weight excluding hydrogens is 819 g/mol. The van der Waals surface area contributed by atoms with E-state index in [9.17, 15) is 0 Å². The van der Waals surface area contributed by atoms with Crippen LogP contribution in [0.4, 0.5) is 28.4 Å². The van der Waals surface area contributed by atoms with E-state index in [4.69, 9.17) is 13.9 Å². The summed E-state index contributed by atoms with van der Waals surface area (Å²) < 4.78 is 20.8. The highest BCUT2D eigenvalue weighted by atomic mass is 16.6. The van der Waals surface area contributed by atoms with E-state index < -0.39 is 0 Å². The van der Waals surface area contributed by atoms with Crippen LogP contribution in [-0.4, -0.2) is 6.85 Å². The second-order valence-corrected chi connectivity index (χ2v) is 20.3. The van der Waals surface area contributed by atoms with Crippen LogP contribution in [0.5, 0.6) is 23.0 Å². The van der Waals surface area contributed by atoms with Gasteiger partial charge in [-0.2, -0.15) is 0 Å². The first-order valence-corrected chi connectivity index (χ1v) is 23.7. The first-order chi connectivity index (χ1) is 32.6. The zero-order valence-corrected chi connectivity index (χ0v) is 38.3. The van der Waals surface area contributed by atoms with Crippen molar-refractivity contribution in [2.75, 3.05) is 9.71 Å². The molecule has 3 aliphatic heterocycles. The van der Waals surface area contributed by atoms with Crippen LogP contribution in [0.15, 0.2) is 174 Å².